The summed E-state index contributed by atoms with van der Waals surface area (Å²) < 4.78 is 2.90. The summed E-state index contributed by atoms with van der Waals surface area (Å²) in [4.78, 5) is 3.73. The zero-order valence-electron chi connectivity index (χ0n) is 15.2. The second-order valence-electron chi connectivity index (χ2n) is 7.43. The number of halogens is 2. The van der Waals surface area contributed by atoms with Crippen molar-refractivity contribution in [1.29, 1.82) is 0 Å². The Morgan fingerprint density at radius 2 is 1.58 bits per heavy atom. The van der Waals surface area contributed by atoms with E-state index in [1.165, 1.54) is 40.4 Å². The summed E-state index contributed by atoms with van der Waals surface area (Å²) in [6.07, 6.45) is 2.23. The largest absolute Gasteiger partial charge is 1.00 e. The van der Waals surface area contributed by atoms with Crippen LogP contribution >= 0.6 is 0 Å². The number of hydrogen-bond acceptors (Lipinski definition) is 0. The minimum atomic E-state index is -0.476. The molecule has 26 heavy (non-hydrogen) atoms. The Balaban J connectivity index is 0.00000121. The van der Waals surface area contributed by atoms with Crippen molar-refractivity contribution < 1.29 is 44.0 Å². The molecule has 0 fully saturated rings. The third kappa shape index (κ3) is 3.59. The Morgan fingerprint density at radius 1 is 0.923 bits per heavy atom. The van der Waals surface area contributed by atoms with Gasteiger partial charge in [0.15, 0.2) is 0 Å². The summed E-state index contributed by atoms with van der Waals surface area (Å²) in [5, 5.41) is 4.06. The summed E-state index contributed by atoms with van der Waals surface area (Å²) in [5.41, 5.74) is 4.04. The fraction of sp³-hybridized carbons (Fsp3) is 0.182. The topological polar surface area (TPSA) is 15.8 Å². The number of aromatic nitrogens is 1. The van der Waals surface area contributed by atoms with Crippen LogP contribution in [0.1, 0.15) is 26.3 Å². The van der Waals surface area contributed by atoms with Crippen LogP contribution in [0.25, 0.3) is 20.9 Å². The first kappa shape index (κ1) is 21.1. The van der Waals surface area contributed by atoms with E-state index in [9.17, 15) is 0 Å². The molecule has 132 valence electrons. The van der Waals surface area contributed by atoms with Gasteiger partial charge in [-0.3, -0.25) is 0 Å². The van der Waals surface area contributed by atoms with Crippen molar-refractivity contribution in [3.63, 3.8) is 0 Å². The van der Waals surface area contributed by atoms with Crippen LogP contribution in [0.4, 0.5) is 0 Å². The van der Waals surface area contributed by atoms with Crippen LogP contribution in [-0.2, 0) is 24.6 Å². The first-order valence-electron chi connectivity index (χ1n) is 8.34. The van der Waals surface area contributed by atoms with Crippen molar-refractivity contribution in [2.75, 3.05) is 0 Å². The molecule has 4 heteroatoms. The second-order valence-corrected chi connectivity index (χ2v) is 9.38. The minimum Gasteiger partial charge on any atom is -1.00 e. The molecule has 0 amide bonds. The Kier molecular flexibility index (Phi) is 6.30. The first-order valence-corrected chi connectivity index (χ1v) is 9.90. The van der Waals surface area contributed by atoms with Crippen molar-refractivity contribution in [3.8, 4) is 0 Å². The quantitative estimate of drug-likeness (QED) is 0.438. The van der Waals surface area contributed by atoms with E-state index in [1.54, 1.807) is 0 Å². The molecule has 1 nitrogen and oxygen atoms in total. The maximum Gasteiger partial charge on any atom is -1.00 e. The van der Waals surface area contributed by atoms with Gasteiger partial charge in [0.1, 0.15) is 0 Å². The molecular weight excluding hydrogens is 397 g/mol. The van der Waals surface area contributed by atoms with Gasteiger partial charge in [-0.2, -0.15) is 0 Å². The van der Waals surface area contributed by atoms with Crippen LogP contribution in [0.3, 0.4) is 0 Å². The predicted octanol–water partition coefficient (Wildman–Crippen LogP) is -2.66. The number of H-pyrrole nitrogens is 1. The van der Waals surface area contributed by atoms with E-state index in [2.05, 4.69) is 86.9 Å². The molecule has 0 spiro atoms. The van der Waals surface area contributed by atoms with E-state index in [0.717, 1.165) is 0 Å². The average Bonchev–Trinajstić information content (AvgIpc) is 3.05. The molecule has 1 heterocycles. The molecule has 3 aromatic rings. The molecule has 0 saturated heterocycles. The third-order valence-electron chi connectivity index (χ3n) is 4.59. The number of nitrogens with one attached hydrogen (secondary N) is 1. The van der Waals surface area contributed by atoms with Gasteiger partial charge in [-0.05, 0) is 0 Å². The third-order valence-corrected chi connectivity index (χ3v) is 6.88. The number of allylic oxidation sites excluding steroid dienone is 1. The molecular formula is C22H21Cl2NTi. The number of para-hydroxylation sites is 1. The molecule has 0 unspecified atom stereocenters. The van der Waals surface area contributed by atoms with Crippen molar-refractivity contribution in [3.05, 3.63) is 76.7 Å². The standard InChI is InChI=1S/C12H14N.C10H7.2ClH.Ti/c1-12(2,3)10-8-13-11-7-5-4-6-9(10)11;1-8-6-9-4-2-3-5-10(9)7-8;;;/h4-7,13H,1-3H3;2-6H,1H2;2*1H;/q;;;;+2/p-2. The van der Waals surface area contributed by atoms with Crippen LogP contribution in [0.5, 0.6) is 0 Å². The number of rotatable bonds is 2. The van der Waals surface area contributed by atoms with E-state index in [1.807, 2.05) is 0 Å². The molecule has 1 aliphatic carbocycles. The average molecular weight is 418 g/mol. The van der Waals surface area contributed by atoms with Crippen molar-refractivity contribution in [2.45, 2.75) is 26.2 Å². The summed E-state index contributed by atoms with van der Waals surface area (Å²) in [5.74, 6) is 0. The molecule has 1 aromatic heterocycles. The fourth-order valence-corrected chi connectivity index (χ4v) is 6.19. The smallest absolute Gasteiger partial charge is 1.00 e. The maximum absolute atomic E-state index is 4.32. The van der Waals surface area contributed by atoms with Crippen LogP contribution < -0.4 is 39.3 Å². The first-order chi connectivity index (χ1) is 11.4. The molecule has 0 atom stereocenters. The van der Waals surface area contributed by atoms with Gasteiger partial charge in [0, 0.05) is 0 Å². The molecule has 0 radical (unpaired) electrons. The van der Waals surface area contributed by atoms with Gasteiger partial charge in [-0.1, -0.05) is 0 Å². The number of hydrogen-bond donors (Lipinski definition) is 1. The Hall–Kier alpha value is -1.25. The maximum atomic E-state index is 4.32. The van der Waals surface area contributed by atoms with E-state index in [4.69, 9.17) is 0 Å². The van der Waals surface area contributed by atoms with Crippen molar-refractivity contribution in [1.82, 2.24) is 4.98 Å². The van der Waals surface area contributed by atoms with Gasteiger partial charge < -0.3 is 24.8 Å². The molecule has 0 aliphatic heterocycles. The van der Waals surface area contributed by atoms with E-state index in [-0.39, 0.29) is 30.2 Å². The van der Waals surface area contributed by atoms with Crippen molar-refractivity contribution in [2.24, 2.45) is 0 Å². The molecule has 0 saturated carbocycles. The van der Waals surface area contributed by atoms with E-state index in [0.29, 0.717) is 0 Å². The zero-order valence-corrected chi connectivity index (χ0v) is 18.2. The van der Waals surface area contributed by atoms with Crippen molar-refractivity contribution >= 4 is 24.9 Å². The molecule has 2 aromatic carbocycles. The summed E-state index contributed by atoms with van der Waals surface area (Å²) in [7, 11) is 0. The summed E-state index contributed by atoms with van der Waals surface area (Å²) >= 11 is -0.476. The van der Waals surface area contributed by atoms with Gasteiger partial charge in [0.25, 0.3) is 0 Å². The molecule has 0 bridgehead atoms. The normalized spacial score (nSPS) is 12.7. The Morgan fingerprint density at radius 3 is 2.31 bits per heavy atom. The molecule has 1 aliphatic rings. The van der Waals surface area contributed by atoms with Crippen LogP contribution in [0.2, 0.25) is 0 Å². The molecule has 4 rings (SSSR count). The Bertz CT molecular complexity index is 1090. The van der Waals surface area contributed by atoms with Crippen LogP contribution in [0, 0.1) is 0 Å². The monoisotopic (exact) mass is 417 g/mol. The van der Waals surface area contributed by atoms with Gasteiger partial charge in [-0.15, -0.1) is 0 Å². The van der Waals surface area contributed by atoms with E-state index >= 15 is 0 Å². The zero-order chi connectivity index (χ0) is 16.9. The predicted molar refractivity (Wildman–Crippen MR) is 99.3 cm³/mol. The number of benzene rings is 2. The minimum absolute atomic E-state index is 0. The van der Waals surface area contributed by atoms with E-state index < -0.39 is 19.2 Å². The number of fused-ring (bicyclic) bond motifs is 2. The van der Waals surface area contributed by atoms with Gasteiger partial charge in [0.2, 0.25) is 0 Å². The number of aromatic amines is 1. The SMILES string of the molecule is C=C1C=c2ccccc2=[C]1[Ti+2][c]1[nH]c2ccccc2c1C(C)(C)C.[Cl-].[Cl-]. The second kappa shape index (κ2) is 7.78. The van der Waals surface area contributed by atoms with Gasteiger partial charge in [0.05, 0.1) is 0 Å². The van der Waals surface area contributed by atoms with Crippen LogP contribution in [-0.4, -0.2) is 4.98 Å². The Labute approximate surface area is 176 Å². The van der Waals surface area contributed by atoms with Crippen LogP contribution in [0.15, 0.2) is 60.7 Å². The fourth-order valence-electron chi connectivity index (χ4n) is 3.57. The summed E-state index contributed by atoms with van der Waals surface area (Å²) in [6, 6.07) is 17.4. The van der Waals surface area contributed by atoms with Gasteiger partial charge >= 0.3 is 152 Å². The molecule has 1 N–H and O–H groups in total. The van der Waals surface area contributed by atoms with Gasteiger partial charge in [-0.25, -0.2) is 0 Å². The summed E-state index contributed by atoms with van der Waals surface area (Å²) in [6.45, 7) is 11.3.